The second kappa shape index (κ2) is 9.02. The van der Waals surface area contributed by atoms with Crippen LogP contribution in [0.1, 0.15) is 28.9 Å². The Bertz CT molecular complexity index is 1170. The number of rotatable bonds is 6. The standard InChI is InChI=1S/C21H22N4O5S/c1-14(15-6-8-19(9-7-15)31(22,28)29)25(2)21(27)24-18-5-3-4-17(12-18)23-20(26)16-10-11-30-13-16/h3-14H,1-2H3,(H,23,26)(H,24,27)(H2,22,28,29). The van der Waals surface area contributed by atoms with Crippen molar-refractivity contribution in [2.75, 3.05) is 17.7 Å². The SMILES string of the molecule is CC(c1ccc(S(N)(=O)=O)cc1)N(C)C(=O)Nc1cccc(NC(=O)c2ccoc2)c1. The first-order valence-corrected chi connectivity index (χ1v) is 10.8. The van der Waals surface area contributed by atoms with E-state index in [9.17, 15) is 18.0 Å². The number of nitrogens with two attached hydrogens (primary N) is 1. The van der Waals surface area contributed by atoms with Crippen LogP contribution in [0.25, 0.3) is 0 Å². The summed E-state index contributed by atoms with van der Waals surface area (Å²) in [7, 11) is -2.15. The predicted octanol–water partition coefficient (Wildman–Crippen LogP) is 3.40. The molecule has 31 heavy (non-hydrogen) atoms. The minimum absolute atomic E-state index is 0.00448. The molecule has 1 heterocycles. The van der Waals surface area contributed by atoms with Gasteiger partial charge in [0.2, 0.25) is 10.0 Å². The van der Waals surface area contributed by atoms with E-state index in [1.54, 1.807) is 49.5 Å². The number of sulfonamides is 1. The van der Waals surface area contributed by atoms with Crippen LogP contribution in [-0.2, 0) is 10.0 Å². The van der Waals surface area contributed by atoms with E-state index < -0.39 is 10.0 Å². The summed E-state index contributed by atoms with van der Waals surface area (Å²) < 4.78 is 27.7. The number of furan rings is 1. The zero-order chi connectivity index (χ0) is 22.6. The fourth-order valence-electron chi connectivity index (χ4n) is 2.82. The highest BCUT2D eigenvalue weighted by molar-refractivity contribution is 7.89. The summed E-state index contributed by atoms with van der Waals surface area (Å²) in [5.41, 5.74) is 2.14. The zero-order valence-electron chi connectivity index (χ0n) is 16.9. The van der Waals surface area contributed by atoms with Crippen LogP contribution in [0.15, 0.2) is 76.4 Å². The summed E-state index contributed by atoms with van der Waals surface area (Å²) in [4.78, 5) is 26.3. The first kappa shape index (κ1) is 22.1. The lowest BCUT2D eigenvalue weighted by molar-refractivity contribution is 0.102. The topological polar surface area (TPSA) is 135 Å². The Morgan fingerprint density at radius 3 is 2.26 bits per heavy atom. The van der Waals surface area contributed by atoms with E-state index in [-0.39, 0.29) is 22.9 Å². The molecule has 1 aromatic heterocycles. The monoisotopic (exact) mass is 442 g/mol. The number of amides is 3. The van der Waals surface area contributed by atoms with Gasteiger partial charge in [0, 0.05) is 18.4 Å². The maximum atomic E-state index is 12.7. The van der Waals surface area contributed by atoms with Crippen LogP contribution in [0.5, 0.6) is 0 Å². The molecule has 0 radical (unpaired) electrons. The van der Waals surface area contributed by atoms with Crippen molar-refractivity contribution in [2.24, 2.45) is 5.14 Å². The van der Waals surface area contributed by atoms with Crippen molar-refractivity contribution >= 4 is 33.3 Å². The van der Waals surface area contributed by atoms with Gasteiger partial charge in [-0.05, 0) is 48.9 Å². The van der Waals surface area contributed by atoms with E-state index in [1.165, 1.54) is 29.6 Å². The molecular formula is C21H22N4O5S. The van der Waals surface area contributed by atoms with Gasteiger partial charge in [0.25, 0.3) is 5.91 Å². The molecule has 3 rings (SSSR count). The van der Waals surface area contributed by atoms with Gasteiger partial charge in [0.1, 0.15) is 6.26 Å². The molecule has 3 amide bonds. The van der Waals surface area contributed by atoms with Crippen LogP contribution < -0.4 is 15.8 Å². The molecule has 0 aliphatic rings. The first-order chi connectivity index (χ1) is 14.6. The van der Waals surface area contributed by atoms with Crippen molar-refractivity contribution in [2.45, 2.75) is 17.9 Å². The lowest BCUT2D eigenvalue weighted by atomic mass is 10.1. The summed E-state index contributed by atoms with van der Waals surface area (Å²) in [5, 5.41) is 10.6. The van der Waals surface area contributed by atoms with E-state index >= 15 is 0 Å². The van der Waals surface area contributed by atoms with Gasteiger partial charge in [-0.25, -0.2) is 18.4 Å². The van der Waals surface area contributed by atoms with Gasteiger partial charge >= 0.3 is 6.03 Å². The van der Waals surface area contributed by atoms with Crippen LogP contribution in [0.3, 0.4) is 0 Å². The van der Waals surface area contributed by atoms with Gasteiger partial charge in [-0.3, -0.25) is 4.79 Å². The summed E-state index contributed by atoms with van der Waals surface area (Å²) >= 11 is 0. The second-order valence-corrected chi connectivity index (χ2v) is 8.44. The van der Waals surface area contributed by atoms with Gasteiger partial charge < -0.3 is 20.0 Å². The van der Waals surface area contributed by atoms with E-state index in [0.717, 1.165) is 5.56 Å². The number of nitrogens with one attached hydrogen (secondary N) is 2. The van der Waals surface area contributed by atoms with Crippen molar-refractivity contribution in [1.82, 2.24) is 4.90 Å². The van der Waals surface area contributed by atoms with Gasteiger partial charge in [-0.15, -0.1) is 0 Å². The van der Waals surface area contributed by atoms with Crippen LogP contribution in [-0.4, -0.2) is 32.3 Å². The number of carbonyl (C=O) groups excluding carboxylic acids is 2. The Morgan fingerprint density at radius 2 is 1.68 bits per heavy atom. The van der Waals surface area contributed by atoms with Crippen molar-refractivity contribution in [3.8, 4) is 0 Å². The fraction of sp³-hybridized carbons (Fsp3) is 0.143. The molecule has 0 aliphatic carbocycles. The van der Waals surface area contributed by atoms with Crippen LogP contribution >= 0.6 is 0 Å². The van der Waals surface area contributed by atoms with Crippen molar-refractivity contribution < 1.29 is 22.4 Å². The number of nitrogens with zero attached hydrogens (tertiary/aromatic N) is 1. The van der Waals surface area contributed by atoms with E-state index in [1.807, 2.05) is 6.92 Å². The normalized spacial score (nSPS) is 12.1. The van der Waals surface area contributed by atoms with Gasteiger partial charge in [0.15, 0.2) is 0 Å². The third kappa shape index (κ3) is 5.50. The number of primary sulfonamides is 1. The fourth-order valence-corrected chi connectivity index (χ4v) is 3.33. The average molecular weight is 442 g/mol. The largest absolute Gasteiger partial charge is 0.472 e. The second-order valence-electron chi connectivity index (χ2n) is 6.88. The smallest absolute Gasteiger partial charge is 0.322 e. The van der Waals surface area contributed by atoms with Gasteiger partial charge in [-0.1, -0.05) is 18.2 Å². The Balaban J connectivity index is 1.65. The van der Waals surface area contributed by atoms with Crippen molar-refractivity contribution in [3.05, 3.63) is 78.3 Å². The maximum absolute atomic E-state index is 12.7. The minimum Gasteiger partial charge on any atom is -0.472 e. The molecular weight excluding hydrogens is 420 g/mol. The van der Waals surface area contributed by atoms with E-state index in [2.05, 4.69) is 10.6 Å². The molecule has 0 aliphatic heterocycles. The lowest BCUT2D eigenvalue weighted by Gasteiger charge is -2.26. The molecule has 4 N–H and O–H groups in total. The van der Waals surface area contributed by atoms with Crippen LogP contribution in [0.4, 0.5) is 16.2 Å². The van der Waals surface area contributed by atoms with E-state index in [4.69, 9.17) is 9.56 Å². The number of anilines is 2. The molecule has 2 aromatic carbocycles. The molecule has 1 atom stereocenters. The summed E-state index contributed by atoms with van der Waals surface area (Å²) in [5.74, 6) is -0.328. The highest BCUT2D eigenvalue weighted by atomic mass is 32.2. The lowest BCUT2D eigenvalue weighted by Crippen LogP contribution is -2.33. The summed E-state index contributed by atoms with van der Waals surface area (Å²) in [6, 6.07) is 13.6. The molecule has 9 nitrogen and oxygen atoms in total. The minimum atomic E-state index is -3.78. The molecule has 3 aromatic rings. The Morgan fingerprint density at radius 1 is 1.03 bits per heavy atom. The van der Waals surface area contributed by atoms with Gasteiger partial charge in [-0.2, -0.15) is 0 Å². The molecule has 0 saturated carbocycles. The zero-order valence-corrected chi connectivity index (χ0v) is 17.7. The molecule has 0 spiro atoms. The Kier molecular flexibility index (Phi) is 6.42. The summed E-state index contributed by atoms with van der Waals surface area (Å²) in [6.07, 6.45) is 2.75. The highest BCUT2D eigenvalue weighted by Crippen LogP contribution is 2.22. The molecule has 1 unspecified atom stereocenters. The number of urea groups is 1. The molecule has 0 fully saturated rings. The Hall–Kier alpha value is -3.63. The first-order valence-electron chi connectivity index (χ1n) is 9.25. The molecule has 0 saturated heterocycles. The molecule has 162 valence electrons. The van der Waals surface area contributed by atoms with Crippen LogP contribution in [0, 0.1) is 0 Å². The number of hydrogen-bond acceptors (Lipinski definition) is 5. The van der Waals surface area contributed by atoms with E-state index in [0.29, 0.717) is 16.9 Å². The molecule has 10 heteroatoms. The van der Waals surface area contributed by atoms with Crippen LogP contribution in [0.2, 0.25) is 0 Å². The third-order valence-electron chi connectivity index (χ3n) is 4.75. The number of benzene rings is 2. The maximum Gasteiger partial charge on any atom is 0.322 e. The molecule has 0 bridgehead atoms. The number of hydrogen-bond donors (Lipinski definition) is 3. The average Bonchev–Trinajstić information content (AvgIpc) is 3.27. The quantitative estimate of drug-likeness (QED) is 0.538. The van der Waals surface area contributed by atoms with Crippen molar-refractivity contribution in [3.63, 3.8) is 0 Å². The number of carbonyl (C=O) groups is 2. The Labute approximate surface area is 179 Å². The van der Waals surface area contributed by atoms with Gasteiger partial charge in [0.05, 0.1) is 22.8 Å². The highest BCUT2D eigenvalue weighted by Gasteiger charge is 2.18. The predicted molar refractivity (Wildman–Crippen MR) is 116 cm³/mol. The van der Waals surface area contributed by atoms with Crippen molar-refractivity contribution in [1.29, 1.82) is 0 Å². The third-order valence-corrected chi connectivity index (χ3v) is 5.68. The summed E-state index contributed by atoms with van der Waals surface area (Å²) in [6.45, 7) is 1.81.